The van der Waals surface area contributed by atoms with Gasteiger partial charge in [-0.2, -0.15) is 0 Å². The summed E-state index contributed by atoms with van der Waals surface area (Å²) in [6, 6.07) is 116. The smallest absolute Gasteiger partial charge is 0.333 e. The van der Waals surface area contributed by atoms with Crippen molar-refractivity contribution in [2.24, 2.45) is 0 Å². The molecule has 0 bridgehead atoms. The number of hydrogen-bond acceptors (Lipinski definition) is 4. The zero-order valence-corrected chi connectivity index (χ0v) is 45.8. The van der Waals surface area contributed by atoms with Gasteiger partial charge in [0.25, 0.3) is 0 Å². The maximum Gasteiger partial charge on any atom is 0.333 e. The summed E-state index contributed by atoms with van der Waals surface area (Å²) in [6.45, 7) is -0.265. The number of fused-ring (bicyclic) bond motifs is 10. The number of para-hydroxylation sites is 3. The predicted octanol–water partition coefficient (Wildman–Crippen LogP) is 19.5. The molecule has 0 saturated carbocycles. The molecule has 3 aliphatic rings. The molecule has 0 fully saturated rings. The lowest BCUT2D eigenvalue weighted by Gasteiger charge is -2.52. The molecule has 14 aromatic rings. The molecular formula is C79H52BN3O. The van der Waals surface area contributed by atoms with Crippen molar-refractivity contribution < 1.29 is 4.42 Å². The van der Waals surface area contributed by atoms with Gasteiger partial charge in [-0.25, -0.2) is 0 Å². The Morgan fingerprint density at radius 2 is 0.857 bits per heavy atom. The third-order valence-corrected chi connectivity index (χ3v) is 17.9. The second kappa shape index (κ2) is 19.1. The van der Waals surface area contributed by atoms with Gasteiger partial charge in [-0.15, -0.1) is 0 Å². The highest BCUT2D eigenvalue weighted by Gasteiger charge is 2.53. The second-order valence-corrected chi connectivity index (χ2v) is 22.3. The third-order valence-electron chi connectivity index (χ3n) is 17.9. The maximum absolute atomic E-state index is 6.89. The van der Waals surface area contributed by atoms with E-state index in [1.165, 1.54) is 66.7 Å². The standard InChI is InChI=1S/C79H52BN3O/c1-6-21-53(22-7-1)56-37-43-61(44-38-56)81(62-45-39-57(40-46-62)54-23-8-2-9-24-54)64-51-66-75-71(49-50-74-76(75)65-31-16-19-36-73(65)84-74)83(63-47-41-58(42-48-63)55-25-10-3-11-26-55)80-69-34-20-33-68-78(69)82(72(52-64)77(66)80)70-35-18-17-32-67(70)79(68,59-27-12-4-13-28-59)60-29-14-5-15-30-60/h1-52H. The van der Waals surface area contributed by atoms with E-state index >= 15 is 0 Å². The molecule has 0 unspecified atom stereocenters. The van der Waals surface area contributed by atoms with Gasteiger partial charge in [-0.1, -0.05) is 243 Å². The van der Waals surface area contributed by atoms with Crippen LogP contribution in [0, 0.1) is 0 Å². The Morgan fingerprint density at radius 1 is 0.357 bits per heavy atom. The molecule has 0 amide bonds. The molecule has 84 heavy (non-hydrogen) atoms. The highest BCUT2D eigenvalue weighted by molar-refractivity contribution is 6.94. The highest BCUT2D eigenvalue weighted by Crippen LogP contribution is 2.60. The average molecular weight is 1070 g/mol. The van der Waals surface area contributed by atoms with Gasteiger partial charge >= 0.3 is 6.85 Å². The maximum atomic E-state index is 6.89. The molecule has 4 nitrogen and oxygen atoms in total. The number of hydrogen-bond donors (Lipinski definition) is 0. The molecule has 13 aromatic carbocycles. The molecule has 1 aromatic heterocycles. The van der Waals surface area contributed by atoms with Crippen molar-refractivity contribution in [3.05, 3.63) is 338 Å². The summed E-state index contributed by atoms with van der Waals surface area (Å²) in [5.41, 5.74) is 26.6. The largest absolute Gasteiger partial charge is 0.456 e. The highest BCUT2D eigenvalue weighted by atomic mass is 16.3. The molecule has 5 heteroatoms. The predicted molar refractivity (Wildman–Crippen MR) is 350 cm³/mol. The zero-order valence-electron chi connectivity index (χ0n) is 45.8. The first-order valence-electron chi connectivity index (χ1n) is 29.0. The van der Waals surface area contributed by atoms with Crippen molar-refractivity contribution in [3.8, 4) is 44.5 Å². The summed E-state index contributed by atoms with van der Waals surface area (Å²) < 4.78 is 6.89. The minimum absolute atomic E-state index is 0.265. The Balaban J connectivity index is 0.998. The molecule has 3 aliphatic heterocycles. The number of rotatable bonds is 9. The lowest BCUT2D eigenvalue weighted by Crippen LogP contribution is -2.62. The van der Waals surface area contributed by atoms with E-state index in [2.05, 4.69) is 330 Å². The Bertz CT molecular complexity index is 4700. The van der Waals surface area contributed by atoms with Crippen LogP contribution in [-0.4, -0.2) is 6.85 Å². The Morgan fingerprint density at radius 3 is 1.45 bits per heavy atom. The molecule has 4 heterocycles. The van der Waals surface area contributed by atoms with Crippen molar-refractivity contribution in [2.75, 3.05) is 14.6 Å². The van der Waals surface area contributed by atoms with E-state index in [1.807, 2.05) is 0 Å². The van der Waals surface area contributed by atoms with Gasteiger partial charge in [0.15, 0.2) is 0 Å². The summed E-state index contributed by atoms with van der Waals surface area (Å²) in [4.78, 5) is 7.74. The van der Waals surface area contributed by atoms with E-state index in [4.69, 9.17) is 4.42 Å². The topological polar surface area (TPSA) is 22.9 Å². The van der Waals surface area contributed by atoms with Gasteiger partial charge in [0.2, 0.25) is 0 Å². The normalized spacial score (nSPS) is 13.3. The van der Waals surface area contributed by atoms with Crippen molar-refractivity contribution in [2.45, 2.75) is 5.41 Å². The fraction of sp³-hybridized carbons (Fsp3) is 0.0127. The van der Waals surface area contributed by atoms with Crippen LogP contribution in [0.5, 0.6) is 0 Å². The number of anilines is 8. The van der Waals surface area contributed by atoms with Crippen LogP contribution in [-0.2, 0) is 5.41 Å². The van der Waals surface area contributed by atoms with E-state index in [0.29, 0.717) is 0 Å². The second-order valence-electron chi connectivity index (χ2n) is 22.3. The van der Waals surface area contributed by atoms with Crippen LogP contribution in [0.3, 0.4) is 0 Å². The Labute approximate surface area is 489 Å². The molecule has 392 valence electrons. The van der Waals surface area contributed by atoms with E-state index in [1.54, 1.807) is 0 Å². The van der Waals surface area contributed by atoms with Gasteiger partial charge in [-0.3, -0.25) is 0 Å². The SMILES string of the molecule is c1ccc(-c2ccc(N3B4c5cccc6c5N(c5ccccc5C6(c5ccccc5)c5ccccc5)c5cc(N(c6ccc(-c7ccccc7)cc6)c6ccc(-c7ccccc7)cc6)cc(c54)-c4c3ccc3oc5ccccc5c43)cc2)cc1. The van der Waals surface area contributed by atoms with E-state index in [0.717, 1.165) is 78.4 Å². The first-order chi connectivity index (χ1) is 41.7. The van der Waals surface area contributed by atoms with Crippen LogP contribution >= 0.6 is 0 Å². The van der Waals surface area contributed by atoms with Crippen LogP contribution < -0.4 is 25.5 Å². The molecule has 0 aliphatic carbocycles. The molecular weight excluding hydrogens is 1020 g/mol. The minimum Gasteiger partial charge on any atom is -0.456 e. The van der Waals surface area contributed by atoms with E-state index in [-0.39, 0.29) is 6.85 Å². The summed E-state index contributed by atoms with van der Waals surface area (Å²) in [5, 5.41) is 2.19. The minimum atomic E-state index is -0.678. The molecule has 0 atom stereocenters. The molecule has 0 radical (unpaired) electrons. The van der Waals surface area contributed by atoms with Crippen LogP contribution in [0.25, 0.3) is 66.4 Å². The number of benzene rings is 13. The third kappa shape index (κ3) is 7.22. The lowest BCUT2D eigenvalue weighted by atomic mass is 9.42. The summed E-state index contributed by atoms with van der Waals surface area (Å²) in [7, 11) is 0. The van der Waals surface area contributed by atoms with Crippen molar-refractivity contribution in [1.82, 2.24) is 0 Å². The van der Waals surface area contributed by atoms with Crippen LogP contribution in [0.15, 0.2) is 320 Å². The Hall–Kier alpha value is -10.9. The van der Waals surface area contributed by atoms with E-state index in [9.17, 15) is 0 Å². The van der Waals surface area contributed by atoms with Crippen molar-refractivity contribution >= 4 is 85.2 Å². The zero-order chi connectivity index (χ0) is 55.3. The quantitative estimate of drug-likeness (QED) is 0.134. The van der Waals surface area contributed by atoms with Gasteiger partial charge in [0.1, 0.15) is 11.2 Å². The van der Waals surface area contributed by atoms with Crippen molar-refractivity contribution in [3.63, 3.8) is 0 Å². The van der Waals surface area contributed by atoms with E-state index < -0.39 is 5.41 Å². The number of furan rings is 1. The van der Waals surface area contributed by atoms with Crippen molar-refractivity contribution in [1.29, 1.82) is 0 Å². The van der Waals surface area contributed by atoms with Gasteiger partial charge in [-0.05, 0) is 145 Å². The molecule has 0 saturated heterocycles. The summed E-state index contributed by atoms with van der Waals surface area (Å²) in [5.74, 6) is 0. The monoisotopic (exact) mass is 1070 g/mol. The Kier molecular flexibility index (Phi) is 10.9. The molecule has 0 N–H and O–H groups in total. The fourth-order valence-electron chi connectivity index (χ4n) is 14.3. The van der Waals surface area contributed by atoms with Gasteiger partial charge in [0, 0.05) is 56.1 Å². The van der Waals surface area contributed by atoms with Gasteiger partial charge < -0.3 is 19.0 Å². The van der Waals surface area contributed by atoms with Crippen LogP contribution in [0.2, 0.25) is 0 Å². The first kappa shape index (κ1) is 47.9. The molecule has 17 rings (SSSR count). The fourth-order valence-corrected chi connectivity index (χ4v) is 14.3. The molecule has 0 spiro atoms. The average Bonchev–Trinajstić information content (AvgIpc) is 0.759. The summed E-state index contributed by atoms with van der Waals surface area (Å²) >= 11 is 0. The lowest BCUT2D eigenvalue weighted by molar-refractivity contribution is 0.669. The van der Waals surface area contributed by atoms with Crippen LogP contribution in [0.1, 0.15) is 22.3 Å². The summed E-state index contributed by atoms with van der Waals surface area (Å²) in [6.07, 6.45) is 0. The first-order valence-corrected chi connectivity index (χ1v) is 29.0. The number of nitrogens with zero attached hydrogens (tertiary/aromatic N) is 3. The van der Waals surface area contributed by atoms with Crippen LogP contribution in [0.4, 0.5) is 45.5 Å². The van der Waals surface area contributed by atoms with Gasteiger partial charge in [0.05, 0.1) is 11.1 Å².